The summed E-state index contributed by atoms with van der Waals surface area (Å²) in [6.07, 6.45) is 7.78. The van der Waals surface area contributed by atoms with Gasteiger partial charge >= 0.3 is 5.97 Å². The number of esters is 1. The zero-order chi connectivity index (χ0) is 25.5. The zero-order valence-corrected chi connectivity index (χ0v) is 20.4. The number of benzene rings is 1. The first-order valence-electron chi connectivity index (χ1n) is 12.6. The van der Waals surface area contributed by atoms with Gasteiger partial charge in [-0.15, -0.1) is 0 Å². The van der Waals surface area contributed by atoms with Gasteiger partial charge in [0.2, 0.25) is 5.91 Å². The lowest BCUT2D eigenvalue weighted by Crippen LogP contribution is -2.43. The van der Waals surface area contributed by atoms with Crippen molar-refractivity contribution in [3.8, 4) is 0 Å². The smallest absolute Gasteiger partial charge is 0.309 e. The fourth-order valence-corrected chi connectivity index (χ4v) is 5.00. The van der Waals surface area contributed by atoms with Gasteiger partial charge in [0.15, 0.2) is 6.61 Å². The molecule has 2 N–H and O–H groups in total. The molecule has 1 aromatic heterocycles. The number of hydrogen-bond acceptors (Lipinski definition) is 6. The van der Waals surface area contributed by atoms with Crippen LogP contribution in [-0.2, 0) is 20.9 Å². The van der Waals surface area contributed by atoms with E-state index in [0.29, 0.717) is 38.0 Å². The van der Waals surface area contributed by atoms with Crippen LogP contribution in [0.15, 0.2) is 42.6 Å². The van der Waals surface area contributed by atoms with Crippen molar-refractivity contribution in [2.75, 3.05) is 24.6 Å². The fraction of sp³-hybridized carbons (Fsp3) is 0.481. The van der Waals surface area contributed by atoms with E-state index in [4.69, 9.17) is 10.5 Å². The molecule has 0 spiro atoms. The molecule has 192 valence electrons. The minimum Gasteiger partial charge on any atom is -0.455 e. The highest BCUT2D eigenvalue weighted by atomic mass is 19.1. The normalized spacial score (nSPS) is 17.0. The number of carbonyl (C=O) groups excluding carboxylic acids is 3. The van der Waals surface area contributed by atoms with Crippen LogP contribution in [0.4, 0.5) is 10.2 Å². The number of amides is 2. The maximum atomic E-state index is 13.3. The Morgan fingerprint density at radius 2 is 1.69 bits per heavy atom. The number of anilines is 1. The molecule has 36 heavy (non-hydrogen) atoms. The fourth-order valence-electron chi connectivity index (χ4n) is 5.00. The van der Waals surface area contributed by atoms with Gasteiger partial charge in [-0.1, -0.05) is 31.4 Å². The molecule has 2 heterocycles. The molecule has 0 unspecified atom stereocenters. The Balaban J connectivity index is 1.29. The Bertz CT molecular complexity index is 1050. The van der Waals surface area contributed by atoms with Crippen molar-refractivity contribution < 1.29 is 23.5 Å². The number of pyridine rings is 1. The van der Waals surface area contributed by atoms with Gasteiger partial charge in [-0.3, -0.25) is 14.4 Å². The molecule has 2 aromatic rings. The van der Waals surface area contributed by atoms with Gasteiger partial charge in [-0.2, -0.15) is 0 Å². The lowest BCUT2D eigenvalue weighted by Gasteiger charge is -2.35. The van der Waals surface area contributed by atoms with Crippen molar-refractivity contribution in [3.05, 3.63) is 59.5 Å². The van der Waals surface area contributed by atoms with Crippen molar-refractivity contribution in [2.24, 2.45) is 11.7 Å². The Hall–Kier alpha value is -3.49. The Morgan fingerprint density at radius 3 is 2.31 bits per heavy atom. The molecule has 0 atom stereocenters. The topological polar surface area (TPSA) is 106 Å². The summed E-state index contributed by atoms with van der Waals surface area (Å²) in [5.74, 6) is -0.955. The molecule has 0 bridgehead atoms. The van der Waals surface area contributed by atoms with Crippen molar-refractivity contribution in [3.63, 3.8) is 0 Å². The molecule has 4 rings (SSSR count). The van der Waals surface area contributed by atoms with E-state index in [-0.39, 0.29) is 36.3 Å². The Kier molecular flexibility index (Phi) is 8.51. The summed E-state index contributed by atoms with van der Waals surface area (Å²) in [6.45, 7) is 1.33. The Labute approximate surface area is 210 Å². The predicted octanol–water partition coefficient (Wildman–Crippen LogP) is 3.44. The molecule has 1 aliphatic heterocycles. The van der Waals surface area contributed by atoms with Crippen LogP contribution in [0.25, 0.3) is 0 Å². The lowest BCUT2D eigenvalue weighted by atomic mass is 9.93. The minimum absolute atomic E-state index is 0.103. The van der Waals surface area contributed by atoms with Crippen molar-refractivity contribution in [1.29, 1.82) is 0 Å². The molecule has 2 fully saturated rings. The summed E-state index contributed by atoms with van der Waals surface area (Å²) >= 11 is 0. The first kappa shape index (κ1) is 25.6. The number of aromatic nitrogens is 1. The first-order valence-corrected chi connectivity index (χ1v) is 12.6. The van der Waals surface area contributed by atoms with E-state index >= 15 is 0 Å². The number of rotatable bonds is 8. The van der Waals surface area contributed by atoms with Crippen LogP contribution in [0.1, 0.15) is 60.9 Å². The van der Waals surface area contributed by atoms with Crippen LogP contribution in [0.5, 0.6) is 0 Å². The van der Waals surface area contributed by atoms with E-state index in [2.05, 4.69) is 4.98 Å². The molecule has 0 radical (unpaired) electrons. The van der Waals surface area contributed by atoms with E-state index in [9.17, 15) is 18.8 Å². The SMILES string of the molecule is NC(=O)c1ccc(N2CCC(C(=O)OCC(=O)N(Cc3ccc(F)cc3)C3CCCCC3)CC2)nc1. The molecular weight excluding hydrogens is 463 g/mol. The maximum Gasteiger partial charge on any atom is 0.309 e. The van der Waals surface area contributed by atoms with E-state index in [1.165, 1.54) is 18.3 Å². The van der Waals surface area contributed by atoms with Crippen LogP contribution in [0.2, 0.25) is 0 Å². The predicted molar refractivity (Wildman–Crippen MR) is 132 cm³/mol. The van der Waals surface area contributed by atoms with E-state index < -0.39 is 5.91 Å². The summed E-state index contributed by atoms with van der Waals surface area (Å²) in [7, 11) is 0. The van der Waals surface area contributed by atoms with Crippen LogP contribution in [0.3, 0.4) is 0 Å². The third kappa shape index (κ3) is 6.59. The number of nitrogens with zero attached hydrogens (tertiary/aromatic N) is 3. The monoisotopic (exact) mass is 496 g/mol. The average Bonchev–Trinajstić information content (AvgIpc) is 2.92. The number of piperidine rings is 1. The van der Waals surface area contributed by atoms with E-state index in [1.54, 1.807) is 29.2 Å². The highest BCUT2D eigenvalue weighted by Crippen LogP contribution is 2.26. The average molecular weight is 497 g/mol. The van der Waals surface area contributed by atoms with Gasteiger partial charge in [0.1, 0.15) is 11.6 Å². The molecule has 2 aliphatic rings. The number of ether oxygens (including phenoxy) is 1. The molecule has 1 saturated carbocycles. The summed E-state index contributed by atoms with van der Waals surface area (Å²) < 4.78 is 18.8. The standard InChI is InChI=1S/C27H33FN4O4/c28-22-9-6-19(7-10-22)17-32(23-4-2-1-3-5-23)25(33)18-36-27(35)20-12-14-31(15-13-20)24-11-8-21(16-30-24)26(29)34/h6-11,16,20,23H,1-5,12-15,17-18H2,(H2,29,34). The quantitative estimate of drug-likeness (QED) is 0.561. The van der Waals surface area contributed by atoms with Crippen molar-refractivity contribution in [2.45, 2.75) is 57.5 Å². The number of nitrogens with two attached hydrogens (primary N) is 1. The van der Waals surface area contributed by atoms with Crippen molar-refractivity contribution >= 4 is 23.6 Å². The molecule has 1 aromatic carbocycles. The van der Waals surface area contributed by atoms with Gasteiger partial charge in [0.05, 0.1) is 11.5 Å². The van der Waals surface area contributed by atoms with E-state index in [0.717, 1.165) is 43.5 Å². The second-order valence-corrected chi connectivity index (χ2v) is 9.58. The summed E-state index contributed by atoms with van der Waals surface area (Å²) in [4.78, 5) is 45.2. The molecule has 8 nitrogen and oxygen atoms in total. The molecule has 1 saturated heterocycles. The number of primary amides is 1. The maximum absolute atomic E-state index is 13.3. The minimum atomic E-state index is -0.523. The molecule has 9 heteroatoms. The summed E-state index contributed by atoms with van der Waals surface area (Å²) in [6, 6.07) is 9.66. The first-order chi connectivity index (χ1) is 17.4. The zero-order valence-electron chi connectivity index (χ0n) is 20.4. The van der Waals surface area contributed by atoms with Gasteiger partial charge in [0, 0.05) is 31.9 Å². The number of hydrogen-bond donors (Lipinski definition) is 1. The van der Waals surface area contributed by atoms with Gasteiger partial charge in [-0.25, -0.2) is 9.37 Å². The van der Waals surface area contributed by atoms with Gasteiger partial charge in [0.25, 0.3) is 5.91 Å². The summed E-state index contributed by atoms with van der Waals surface area (Å²) in [5.41, 5.74) is 6.47. The van der Waals surface area contributed by atoms with E-state index in [1.807, 2.05) is 4.90 Å². The third-order valence-electron chi connectivity index (χ3n) is 7.12. The molecular formula is C27H33FN4O4. The van der Waals surface area contributed by atoms with Gasteiger partial charge in [-0.05, 0) is 55.5 Å². The Morgan fingerprint density at radius 1 is 1.00 bits per heavy atom. The second kappa shape index (κ2) is 12.0. The van der Waals surface area contributed by atoms with Crippen LogP contribution in [0, 0.1) is 11.7 Å². The molecule has 1 aliphatic carbocycles. The highest BCUT2D eigenvalue weighted by molar-refractivity contribution is 5.92. The van der Waals surface area contributed by atoms with Gasteiger partial charge < -0.3 is 20.3 Å². The molecule has 2 amide bonds. The highest BCUT2D eigenvalue weighted by Gasteiger charge is 2.30. The number of carbonyl (C=O) groups is 3. The van der Waals surface area contributed by atoms with Crippen LogP contribution < -0.4 is 10.6 Å². The second-order valence-electron chi connectivity index (χ2n) is 9.58. The lowest BCUT2D eigenvalue weighted by molar-refractivity contribution is -0.157. The van der Waals surface area contributed by atoms with Crippen LogP contribution >= 0.6 is 0 Å². The van der Waals surface area contributed by atoms with Crippen molar-refractivity contribution in [1.82, 2.24) is 9.88 Å². The third-order valence-corrected chi connectivity index (χ3v) is 7.12. The van der Waals surface area contributed by atoms with Crippen LogP contribution in [-0.4, -0.2) is 53.4 Å². The number of halogens is 1. The summed E-state index contributed by atoms with van der Waals surface area (Å²) in [5, 5.41) is 0. The largest absolute Gasteiger partial charge is 0.455 e.